The largest absolute Gasteiger partial charge is 0.368 e. The zero-order valence-electron chi connectivity index (χ0n) is 14.5. The predicted octanol–water partition coefficient (Wildman–Crippen LogP) is 1.53. The number of nitrogens with one attached hydrogen (secondary N) is 2. The molecule has 1 saturated heterocycles. The van der Waals surface area contributed by atoms with E-state index in [9.17, 15) is 4.79 Å². The fourth-order valence-corrected chi connectivity index (χ4v) is 2.64. The molecule has 0 spiro atoms. The monoisotopic (exact) mass is 445 g/mol. The highest BCUT2D eigenvalue weighted by atomic mass is 127. The first kappa shape index (κ1) is 20.5. The quantitative estimate of drug-likeness (QED) is 0.410. The van der Waals surface area contributed by atoms with Gasteiger partial charge in [0.05, 0.1) is 0 Å². The van der Waals surface area contributed by atoms with Crippen LogP contribution in [0.4, 0.5) is 5.69 Å². The number of hydrogen-bond acceptors (Lipinski definition) is 3. The molecule has 7 heteroatoms. The summed E-state index contributed by atoms with van der Waals surface area (Å²) in [7, 11) is 0. The molecule has 0 bridgehead atoms. The standard InChI is InChI=1S/C17H27N5O.HI/c1-3-18-16(23)14-20-17(19-4-2)22-12-10-21(11-13-22)15-8-6-5-7-9-15;/h5-9H,3-4,10-14H2,1-2H3,(H,18,23)(H,19,20);1H. The molecule has 1 amide bonds. The average molecular weight is 445 g/mol. The van der Waals surface area contributed by atoms with E-state index in [4.69, 9.17) is 0 Å². The Labute approximate surface area is 161 Å². The third-order valence-electron chi connectivity index (χ3n) is 3.78. The summed E-state index contributed by atoms with van der Waals surface area (Å²) in [4.78, 5) is 20.7. The lowest BCUT2D eigenvalue weighted by Gasteiger charge is -2.37. The summed E-state index contributed by atoms with van der Waals surface area (Å²) in [5.41, 5.74) is 1.26. The third-order valence-corrected chi connectivity index (χ3v) is 3.78. The van der Waals surface area contributed by atoms with E-state index in [0.29, 0.717) is 6.54 Å². The zero-order valence-corrected chi connectivity index (χ0v) is 16.8. The van der Waals surface area contributed by atoms with E-state index in [-0.39, 0.29) is 36.4 Å². The van der Waals surface area contributed by atoms with Gasteiger partial charge in [0.15, 0.2) is 5.96 Å². The van der Waals surface area contributed by atoms with Gasteiger partial charge in [-0.1, -0.05) is 18.2 Å². The van der Waals surface area contributed by atoms with Gasteiger partial charge in [-0.3, -0.25) is 4.79 Å². The first-order valence-corrected chi connectivity index (χ1v) is 8.34. The van der Waals surface area contributed by atoms with Crippen LogP contribution in [0.3, 0.4) is 0 Å². The summed E-state index contributed by atoms with van der Waals surface area (Å²) >= 11 is 0. The second kappa shape index (κ2) is 11.1. The number of carbonyl (C=O) groups is 1. The van der Waals surface area contributed by atoms with Gasteiger partial charge >= 0.3 is 0 Å². The summed E-state index contributed by atoms with van der Waals surface area (Å²) in [6, 6.07) is 10.5. The van der Waals surface area contributed by atoms with Crippen LogP contribution < -0.4 is 15.5 Å². The Morgan fingerprint density at radius 2 is 1.67 bits per heavy atom. The van der Waals surface area contributed by atoms with Crippen molar-refractivity contribution in [1.29, 1.82) is 0 Å². The number of likely N-dealkylation sites (N-methyl/N-ethyl adjacent to an activating group) is 1. The van der Waals surface area contributed by atoms with E-state index >= 15 is 0 Å². The topological polar surface area (TPSA) is 60.0 Å². The first-order chi connectivity index (χ1) is 11.2. The van der Waals surface area contributed by atoms with Gasteiger partial charge in [0, 0.05) is 45.0 Å². The van der Waals surface area contributed by atoms with Crippen molar-refractivity contribution in [1.82, 2.24) is 15.5 Å². The molecule has 0 saturated carbocycles. The van der Waals surface area contributed by atoms with Crippen LogP contribution >= 0.6 is 24.0 Å². The molecule has 1 heterocycles. The molecule has 134 valence electrons. The van der Waals surface area contributed by atoms with Gasteiger partial charge in [-0.15, -0.1) is 24.0 Å². The molecular formula is C17H28IN5O. The maximum atomic E-state index is 11.6. The normalized spacial score (nSPS) is 14.8. The highest BCUT2D eigenvalue weighted by Crippen LogP contribution is 2.15. The lowest BCUT2D eigenvalue weighted by molar-refractivity contribution is -0.119. The molecule has 0 atom stereocenters. The van der Waals surface area contributed by atoms with Gasteiger partial charge < -0.3 is 20.4 Å². The second-order valence-electron chi connectivity index (χ2n) is 5.43. The second-order valence-corrected chi connectivity index (χ2v) is 5.43. The Balaban J connectivity index is 0.00000288. The molecule has 2 N–H and O–H groups in total. The van der Waals surface area contributed by atoms with Crippen molar-refractivity contribution in [3.05, 3.63) is 30.3 Å². The number of rotatable bonds is 5. The fourth-order valence-electron chi connectivity index (χ4n) is 2.64. The Kier molecular flexibility index (Phi) is 9.51. The third kappa shape index (κ3) is 6.18. The first-order valence-electron chi connectivity index (χ1n) is 8.34. The van der Waals surface area contributed by atoms with Gasteiger partial charge in [-0.2, -0.15) is 0 Å². The summed E-state index contributed by atoms with van der Waals surface area (Å²) in [5.74, 6) is 0.789. The van der Waals surface area contributed by atoms with Crippen LogP contribution in [0.5, 0.6) is 0 Å². The van der Waals surface area contributed by atoms with Gasteiger partial charge in [0.25, 0.3) is 0 Å². The van der Waals surface area contributed by atoms with Crippen LogP contribution in [0.1, 0.15) is 13.8 Å². The van der Waals surface area contributed by atoms with Crippen molar-refractivity contribution in [2.24, 2.45) is 4.99 Å². The van der Waals surface area contributed by atoms with Crippen molar-refractivity contribution >= 4 is 41.5 Å². The number of nitrogens with zero attached hydrogens (tertiary/aromatic N) is 3. The van der Waals surface area contributed by atoms with E-state index in [0.717, 1.165) is 38.7 Å². The van der Waals surface area contributed by atoms with Gasteiger partial charge in [0.1, 0.15) is 6.54 Å². The molecular weight excluding hydrogens is 417 g/mol. The number of hydrogen-bond donors (Lipinski definition) is 2. The lowest BCUT2D eigenvalue weighted by atomic mass is 10.2. The molecule has 0 unspecified atom stereocenters. The number of benzene rings is 1. The van der Waals surface area contributed by atoms with Gasteiger partial charge in [-0.25, -0.2) is 4.99 Å². The molecule has 1 fully saturated rings. The Hall–Kier alpha value is -1.51. The number of carbonyl (C=O) groups excluding carboxylic acids is 1. The maximum absolute atomic E-state index is 11.6. The molecule has 1 aromatic carbocycles. The predicted molar refractivity (Wildman–Crippen MR) is 110 cm³/mol. The van der Waals surface area contributed by atoms with E-state index in [1.165, 1.54) is 5.69 Å². The minimum atomic E-state index is -0.0363. The minimum absolute atomic E-state index is 0. The van der Waals surface area contributed by atoms with Crippen LogP contribution in [0.25, 0.3) is 0 Å². The van der Waals surface area contributed by atoms with E-state index < -0.39 is 0 Å². The molecule has 1 aliphatic rings. The minimum Gasteiger partial charge on any atom is -0.368 e. The molecule has 1 aromatic rings. The fraction of sp³-hybridized carbons (Fsp3) is 0.529. The van der Waals surface area contributed by atoms with Crippen LogP contribution in [0, 0.1) is 0 Å². The number of anilines is 1. The Morgan fingerprint density at radius 1 is 1.04 bits per heavy atom. The Morgan fingerprint density at radius 3 is 2.25 bits per heavy atom. The number of para-hydroxylation sites is 1. The number of piperazine rings is 1. The van der Waals surface area contributed by atoms with Crippen LogP contribution in [0.15, 0.2) is 35.3 Å². The molecule has 2 rings (SSSR count). The zero-order chi connectivity index (χ0) is 16.5. The SMILES string of the molecule is CCNC(=O)CN=C(NCC)N1CCN(c2ccccc2)CC1.I. The Bertz CT molecular complexity index is 515. The van der Waals surface area contributed by atoms with Crippen LogP contribution in [-0.4, -0.2) is 62.6 Å². The maximum Gasteiger partial charge on any atom is 0.241 e. The molecule has 1 aliphatic heterocycles. The van der Waals surface area contributed by atoms with Crippen LogP contribution in [0.2, 0.25) is 0 Å². The molecule has 24 heavy (non-hydrogen) atoms. The molecule has 0 radical (unpaired) electrons. The smallest absolute Gasteiger partial charge is 0.241 e. The highest BCUT2D eigenvalue weighted by Gasteiger charge is 2.19. The lowest BCUT2D eigenvalue weighted by Crippen LogP contribution is -2.52. The number of halogens is 1. The summed E-state index contributed by atoms with van der Waals surface area (Å²) in [6.45, 7) is 9.28. The van der Waals surface area contributed by atoms with Crippen molar-refractivity contribution in [3.8, 4) is 0 Å². The molecule has 6 nitrogen and oxygen atoms in total. The van der Waals surface area contributed by atoms with Crippen LogP contribution in [-0.2, 0) is 4.79 Å². The number of guanidine groups is 1. The average Bonchev–Trinajstić information content (AvgIpc) is 2.60. The van der Waals surface area contributed by atoms with Crippen molar-refractivity contribution < 1.29 is 4.79 Å². The van der Waals surface area contributed by atoms with Crippen molar-refractivity contribution in [2.75, 3.05) is 50.7 Å². The summed E-state index contributed by atoms with van der Waals surface area (Å²) in [5, 5.41) is 6.06. The van der Waals surface area contributed by atoms with E-state index in [1.807, 2.05) is 19.9 Å². The highest BCUT2D eigenvalue weighted by molar-refractivity contribution is 14.0. The summed E-state index contributed by atoms with van der Waals surface area (Å²) in [6.07, 6.45) is 0. The van der Waals surface area contributed by atoms with Crippen molar-refractivity contribution in [2.45, 2.75) is 13.8 Å². The number of aliphatic imine (C=N–C) groups is 1. The molecule has 0 aromatic heterocycles. The van der Waals surface area contributed by atoms with Gasteiger partial charge in [-0.05, 0) is 26.0 Å². The van der Waals surface area contributed by atoms with E-state index in [1.54, 1.807) is 0 Å². The van der Waals surface area contributed by atoms with Crippen molar-refractivity contribution in [3.63, 3.8) is 0 Å². The summed E-state index contributed by atoms with van der Waals surface area (Å²) < 4.78 is 0. The van der Waals surface area contributed by atoms with E-state index in [2.05, 4.69) is 49.7 Å². The molecule has 0 aliphatic carbocycles. The van der Waals surface area contributed by atoms with Gasteiger partial charge in [0.2, 0.25) is 5.91 Å². The number of amides is 1.